The monoisotopic (exact) mass is 333 g/mol. The van der Waals surface area contributed by atoms with Crippen LogP contribution < -0.4 is 10.2 Å². The van der Waals surface area contributed by atoms with E-state index in [1.165, 1.54) is 56.6 Å². The first-order valence-electron chi connectivity index (χ1n) is 9.81. The Labute approximate surface area is 150 Å². The summed E-state index contributed by atoms with van der Waals surface area (Å²) in [6.07, 6.45) is 6.48. The second kappa shape index (κ2) is 6.38. The lowest BCUT2D eigenvalue weighted by atomic mass is 9.85. The molecular formula is C22H27N3. The third kappa shape index (κ3) is 2.71. The number of para-hydroxylation sites is 2. The molecule has 2 aromatic rings. The molecule has 0 unspecified atom stereocenters. The van der Waals surface area contributed by atoms with E-state index < -0.39 is 0 Å². The summed E-state index contributed by atoms with van der Waals surface area (Å²) in [5.74, 6) is 0. The first-order chi connectivity index (χ1) is 12.4. The zero-order chi connectivity index (χ0) is 16.6. The van der Waals surface area contributed by atoms with E-state index in [-0.39, 0.29) is 0 Å². The van der Waals surface area contributed by atoms with Crippen molar-refractivity contribution in [3.8, 4) is 0 Å². The Balaban J connectivity index is 1.29. The summed E-state index contributed by atoms with van der Waals surface area (Å²) >= 11 is 0. The summed E-state index contributed by atoms with van der Waals surface area (Å²) in [7, 11) is 0. The van der Waals surface area contributed by atoms with E-state index in [2.05, 4.69) is 63.6 Å². The van der Waals surface area contributed by atoms with Crippen molar-refractivity contribution in [1.29, 1.82) is 0 Å². The van der Waals surface area contributed by atoms with Gasteiger partial charge in [0.15, 0.2) is 0 Å². The Morgan fingerprint density at radius 3 is 2.60 bits per heavy atom. The van der Waals surface area contributed by atoms with Gasteiger partial charge in [-0.05, 0) is 55.4 Å². The van der Waals surface area contributed by atoms with Crippen molar-refractivity contribution in [3.63, 3.8) is 0 Å². The van der Waals surface area contributed by atoms with Gasteiger partial charge < -0.3 is 10.2 Å². The average Bonchev–Trinajstić information content (AvgIpc) is 3.12. The molecule has 0 aromatic heterocycles. The van der Waals surface area contributed by atoms with Crippen LogP contribution in [0.15, 0.2) is 48.5 Å². The number of nitrogens with one attached hydrogen (secondary N) is 1. The van der Waals surface area contributed by atoms with Crippen molar-refractivity contribution in [2.75, 3.05) is 30.0 Å². The lowest BCUT2D eigenvalue weighted by molar-refractivity contribution is 0.137. The van der Waals surface area contributed by atoms with Crippen molar-refractivity contribution in [1.82, 2.24) is 4.90 Å². The number of piperidine rings is 1. The fourth-order valence-corrected chi connectivity index (χ4v) is 5.07. The summed E-state index contributed by atoms with van der Waals surface area (Å²) in [6, 6.07) is 19.2. The molecule has 0 bridgehead atoms. The second-order valence-electron chi connectivity index (χ2n) is 7.70. The fourth-order valence-electron chi connectivity index (χ4n) is 5.07. The lowest BCUT2D eigenvalue weighted by Gasteiger charge is -2.42. The van der Waals surface area contributed by atoms with Crippen LogP contribution in [0.4, 0.5) is 11.4 Å². The molecule has 1 fully saturated rings. The van der Waals surface area contributed by atoms with E-state index in [9.17, 15) is 0 Å². The highest BCUT2D eigenvalue weighted by Gasteiger charge is 2.33. The molecule has 3 aliphatic rings. The summed E-state index contributed by atoms with van der Waals surface area (Å²) in [4.78, 5) is 5.34. The highest BCUT2D eigenvalue weighted by molar-refractivity contribution is 5.74. The van der Waals surface area contributed by atoms with Crippen molar-refractivity contribution in [3.05, 3.63) is 59.7 Å². The first-order valence-corrected chi connectivity index (χ1v) is 9.81. The predicted molar refractivity (Wildman–Crippen MR) is 104 cm³/mol. The zero-order valence-electron chi connectivity index (χ0n) is 14.8. The SMILES string of the molecule is c1ccc2c(c1)CCC[C@H]2N1CCC(N2CNc3ccccc32)CC1. The largest absolute Gasteiger partial charge is 0.366 e. The molecule has 2 aromatic carbocycles. The van der Waals surface area contributed by atoms with E-state index in [4.69, 9.17) is 0 Å². The smallest absolute Gasteiger partial charge is 0.0880 e. The van der Waals surface area contributed by atoms with Crippen molar-refractivity contribution >= 4 is 11.4 Å². The van der Waals surface area contributed by atoms with Gasteiger partial charge in [-0.15, -0.1) is 0 Å². The van der Waals surface area contributed by atoms with Crippen LogP contribution in [0.1, 0.15) is 42.9 Å². The number of likely N-dealkylation sites (tertiary alicyclic amines) is 1. The number of hydrogen-bond acceptors (Lipinski definition) is 3. The molecule has 25 heavy (non-hydrogen) atoms. The highest BCUT2D eigenvalue weighted by Crippen LogP contribution is 2.38. The molecule has 1 aliphatic carbocycles. The number of fused-ring (bicyclic) bond motifs is 2. The molecule has 0 amide bonds. The fraction of sp³-hybridized carbons (Fsp3) is 0.455. The average molecular weight is 333 g/mol. The molecular weight excluding hydrogens is 306 g/mol. The molecule has 1 saturated heterocycles. The molecule has 0 spiro atoms. The maximum atomic E-state index is 3.55. The predicted octanol–water partition coefficient (Wildman–Crippen LogP) is 4.42. The van der Waals surface area contributed by atoms with E-state index >= 15 is 0 Å². The van der Waals surface area contributed by atoms with Gasteiger partial charge in [0.2, 0.25) is 0 Å². The van der Waals surface area contributed by atoms with Gasteiger partial charge in [-0.3, -0.25) is 4.90 Å². The minimum absolute atomic E-state index is 0.648. The number of rotatable bonds is 2. The minimum Gasteiger partial charge on any atom is -0.366 e. The molecule has 1 N–H and O–H groups in total. The summed E-state index contributed by atoms with van der Waals surface area (Å²) in [6.45, 7) is 3.42. The number of hydrogen-bond donors (Lipinski definition) is 1. The Hall–Kier alpha value is -2.00. The van der Waals surface area contributed by atoms with Gasteiger partial charge in [0.25, 0.3) is 0 Å². The van der Waals surface area contributed by atoms with E-state index in [1.54, 1.807) is 11.1 Å². The second-order valence-corrected chi connectivity index (χ2v) is 7.70. The van der Waals surface area contributed by atoms with Gasteiger partial charge in [0.1, 0.15) is 0 Å². The quantitative estimate of drug-likeness (QED) is 0.878. The number of aryl methyl sites for hydroxylation is 1. The summed E-state index contributed by atoms with van der Waals surface area (Å²) in [5, 5.41) is 3.55. The maximum Gasteiger partial charge on any atom is 0.0880 e. The lowest BCUT2D eigenvalue weighted by Crippen LogP contribution is -2.46. The van der Waals surface area contributed by atoms with Crippen molar-refractivity contribution in [2.45, 2.75) is 44.2 Å². The Morgan fingerprint density at radius 2 is 1.68 bits per heavy atom. The molecule has 3 heteroatoms. The van der Waals surface area contributed by atoms with Crippen LogP contribution in [0.5, 0.6) is 0 Å². The first kappa shape index (κ1) is 15.3. The number of nitrogens with zero attached hydrogens (tertiary/aromatic N) is 2. The topological polar surface area (TPSA) is 18.5 Å². The van der Waals surface area contributed by atoms with E-state index in [0.717, 1.165) is 6.67 Å². The molecule has 0 radical (unpaired) electrons. The van der Waals surface area contributed by atoms with Crippen molar-refractivity contribution < 1.29 is 0 Å². The van der Waals surface area contributed by atoms with Crippen LogP contribution in [0.2, 0.25) is 0 Å². The third-order valence-electron chi connectivity index (χ3n) is 6.37. The van der Waals surface area contributed by atoms with Crippen LogP contribution in [-0.4, -0.2) is 30.7 Å². The van der Waals surface area contributed by atoms with Gasteiger partial charge in [-0.25, -0.2) is 0 Å². The standard InChI is InChI=1S/C22H27N3/c1-2-8-19-17(6-1)7-5-11-21(19)24-14-12-18(13-15-24)25-16-23-20-9-3-4-10-22(20)25/h1-4,6,8-10,18,21,23H,5,7,11-16H2/t21-/m1/s1. The van der Waals surface area contributed by atoms with Crippen LogP contribution in [-0.2, 0) is 6.42 Å². The molecule has 130 valence electrons. The van der Waals surface area contributed by atoms with Gasteiger partial charge >= 0.3 is 0 Å². The number of anilines is 2. The van der Waals surface area contributed by atoms with Gasteiger partial charge in [0.05, 0.1) is 18.0 Å². The van der Waals surface area contributed by atoms with E-state index in [1.807, 2.05) is 0 Å². The molecule has 5 rings (SSSR count). The van der Waals surface area contributed by atoms with Crippen LogP contribution in [0, 0.1) is 0 Å². The Morgan fingerprint density at radius 1 is 0.880 bits per heavy atom. The van der Waals surface area contributed by atoms with Gasteiger partial charge in [-0.1, -0.05) is 36.4 Å². The van der Waals surface area contributed by atoms with Crippen molar-refractivity contribution in [2.24, 2.45) is 0 Å². The number of benzene rings is 2. The van der Waals surface area contributed by atoms with Crippen LogP contribution in [0.3, 0.4) is 0 Å². The molecule has 2 aliphatic heterocycles. The Kier molecular flexibility index (Phi) is 3.90. The zero-order valence-corrected chi connectivity index (χ0v) is 14.8. The van der Waals surface area contributed by atoms with Gasteiger partial charge in [-0.2, -0.15) is 0 Å². The highest BCUT2D eigenvalue weighted by atomic mass is 15.3. The third-order valence-corrected chi connectivity index (χ3v) is 6.37. The summed E-state index contributed by atoms with van der Waals surface area (Å²) in [5.41, 5.74) is 5.87. The molecule has 2 heterocycles. The van der Waals surface area contributed by atoms with Gasteiger partial charge in [0, 0.05) is 25.2 Å². The molecule has 0 saturated carbocycles. The minimum atomic E-state index is 0.648. The molecule has 1 atom stereocenters. The Bertz CT molecular complexity index is 748. The van der Waals surface area contributed by atoms with Crippen LogP contribution >= 0.6 is 0 Å². The normalized spacial score (nSPS) is 23.8. The maximum absolute atomic E-state index is 3.55. The molecule has 3 nitrogen and oxygen atoms in total. The van der Waals surface area contributed by atoms with E-state index in [0.29, 0.717) is 12.1 Å². The van der Waals surface area contributed by atoms with Crippen LogP contribution in [0.25, 0.3) is 0 Å². The summed E-state index contributed by atoms with van der Waals surface area (Å²) < 4.78 is 0.